The number of hydrogen-bond donors (Lipinski definition) is 2. The van der Waals surface area contributed by atoms with Gasteiger partial charge in [0.1, 0.15) is 0 Å². The molecule has 1 aliphatic heterocycles. The Morgan fingerprint density at radius 1 is 0.850 bits per heavy atom. The molecule has 2 N–H and O–H groups in total. The van der Waals surface area contributed by atoms with E-state index in [9.17, 15) is 0 Å². The molecule has 0 radical (unpaired) electrons. The summed E-state index contributed by atoms with van der Waals surface area (Å²) in [7, 11) is 0. The van der Waals surface area contributed by atoms with Crippen LogP contribution in [0, 0.1) is 0 Å². The molecule has 0 amide bonds. The molecule has 3 aromatic rings. The van der Waals surface area contributed by atoms with Gasteiger partial charge in [0, 0.05) is 28.4 Å². The zero-order valence-electron chi connectivity index (χ0n) is 10.9. The van der Waals surface area contributed by atoms with Crippen LogP contribution < -0.4 is 15.9 Å². The molecular weight excluding hydrogens is 287 g/mol. The molecule has 3 aromatic carbocycles. The third-order valence-corrected chi connectivity index (χ3v) is 3.10. The van der Waals surface area contributed by atoms with Gasteiger partial charge in [0.15, 0.2) is 6.98 Å². The number of hydrogen-bond acceptors (Lipinski definition) is 2. The Morgan fingerprint density at radius 3 is 1.85 bits per heavy atom. The topological polar surface area (TPSA) is 24.1 Å². The molecule has 2 nitrogen and oxygen atoms in total. The number of nitrogens with one attached hydrogen (secondary N) is 2. The predicted octanol–water partition coefficient (Wildman–Crippen LogP) is 3.04. The van der Waals surface area contributed by atoms with E-state index in [0.717, 1.165) is 0 Å². The smallest absolute Gasteiger partial charge is 0.153 e. The number of rotatable bonds is 1. The second-order valence-electron chi connectivity index (χ2n) is 4.45. The maximum absolute atomic E-state index is 3.43. The Kier molecular flexibility index (Phi) is 5.11. The van der Waals surface area contributed by atoms with Gasteiger partial charge in [-0.3, -0.25) is 0 Å². The predicted molar refractivity (Wildman–Crippen MR) is 83.1 cm³/mol. The second-order valence-corrected chi connectivity index (χ2v) is 4.45. The van der Waals surface area contributed by atoms with Crippen LogP contribution in [0.1, 0.15) is 0 Å². The first kappa shape index (κ1) is 14.5. The van der Waals surface area contributed by atoms with Crippen LogP contribution in [0.3, 0.4) is 0 Å². The average Bonchev–Trinajstić information content (AvgIpc) is 3.20. The van der Waals surface area contributed by atoms with Crippen molar-refractivity contribution in [2.24, 2.45) is 0 Å². The first-order chi connectivity index (χ1) is 9.43. The van der Waals surface area contributed by atoms with Gasteiger partial charge in [0.25, 0.3) is 0 Å². The monoisotopic (exact) mass is 302 g/mol. The molecule has 4 heteroatoms. The van der Waals surface area contributed by atoms with E-state index in [1.54, 1.807) is 0 Å². The maximum Gasteiger partial charge on any atom is 0.153 e. The van der Waals surface area contributed by atoms with Gasteiger partial charge in [0.05, 0.1) is 0 Å². The van der Waals surface area contributed by atoms with E-state index in [1.807, 2.05) is 42.5 Å². The van der Waals surface area contributed by atoms with Crippen LogP contribution >= 0.6 is 0 Å². The second kappa shape index (κ2) is 7.04. The quantitative estimate of drug-likeness (QED) is 0.533. The van der Waals surface area contributed by atoms with Crippen molar-refractivity contribution in [3.05, 3.63) is 78.9 Å². The van der Waals surface area contributed by atoms with Crippen molar-refractivity contribution in [1.29, 1.82) is 0 Å². The van der Waals surface area contributed by atoms with Crippen molar-refractivity contribution < 1.29 is 17.1 Å². The molecule has 20 heavy (non-hydrogen) atoms. The van der Waals surface area contributed by atoms with E-state index >= 15 is 0 Å². The van der Waals surface area contributed by atoms with E-state index in [-0.39, 0.29) is 24.1 Å². The zero-order chi connectivity index (χ0) is 12.9. The standard InChI is InChI=1S/C11H10BN2.C5H5.Fe/c1-2-6-9(5-1)12-13-10-7-3-4-8-11(10)14-12;1-2-4-5-3-1;/h1-8,13-14H;1-5H;/q-5;-1;. The summed E-state index contributed by atoms with van der Waals surface area (Å²) in [6.07, 6.45) is 0. The van der Waals surface area contributed by atoms with Gasteiger partial charge in [-0.15, -0.1) is 0 Å². The summed E-state index contributed by atoms with van der Waals surface area (Å²) >= 11 is 0. The van der Waals surface area contributed by atoms with Crippen LogP contribution in [-0.2, 0) is 17.1 Å². The molecule has 0 saturated heterocycles. The van der Waals surface area contributed by atoms with Crippen LogP contribution in [0.25, 0.3) is 0 Å². The van der Waals surface area contributed by atoms with E-state index in [4.69, 9.17) is 0 Å². The van der Waals surface area contributed by atoms with Gasteiger partial charge in [0.2, 0.25) is 0 Å². The van der Waals surface area contributed by atoms with E-state index in [0.29, 0.717) is 0 Å². The first-order valence-electron chi connectivity index (χ1n) is 6.44. The third-order valence-electron chi connectivity index (χ3n) is 3.10. The molecule has 106 valence electrons. The zero-order valence-corrected chi connectivity index (χ0v) is 12.0. The number of benzene rings is 1. The molecule has 0 unspecified atom stereocenters. The summed E-state index contributed by atoms with van der Waals surface area (Å²) < 4.78 is 0. The Hall–Kier alpha value is -1.90. The van der Waals surface area contributed by atoms with Gasteiger partial charge < -0.3 is 40.2 Å². The van der Waals surface area contributed by atoms with Crippen molar-refractivity contribution in [1.82, 2.24) is 0 Å². The minimum Gasteiger partial charge on any atom is -0.748 e. The SMILES string of the molecule is [Fe].c1cc[cH-]c1.c1ccc2c(c1)NB([c-]1[cH-][cH-][cH-][cH-]1)N2. The van der Waals surface area contributed by atoms with Crippen LogP contribution in [0.15, 0.2) is 78.9 Å². The van der Waals surface area contributed by atoms with Crippen LogP contribution in [0.4, 0.5) is 11.4 Å². The molecule has 0 atom stereocenters. The summed E-state index contributed by atoms with van der Waals surface area (Å²) in [4.78, 5) is 0. The normalized spacial score (nSPS) is 11.3. The molecule has 1 heterocycles. The molecule has 0 aromatic heterocycles. The molecule has 0 saturated carbocycles. The number of fused-ring (bicyclic) bond motifs is 1. The summed E-state index contributed by atoms with van der Waals surface area (Å²) in [5.41, 5.74) is 3.64. The van der Waals surface area contributed by atoms with Crippen LogP contribution in [0.2, 0.25) is 0 Å². The Morgan fingerprint density at radius 2 is 1.40 bits per heavy atom. The van der Waals surface area contributed by atoms with Crippen LogP contribution in [0.5, 0.6) is 0 Å². The molecule has 0 fully saturated rings. The van der Waals surface area contributed by atoms with Gasteiger partial charge in [-0.05, 0) is 12.1 Å². The van der Waals surface area contributed by atoms with E-state index in [2.05, 4.69) is 46.9 Å². The molecule has 1 aliphatic rings. The number of para-hydroxylation sites is 2. The molecular formula is C16H15BFeN2-6. The third kappa shape index (κ3) is 3.35. The summed E-state index contributed by atoms with van der Waals surface area (Å²) in [6, 6.07) is 26.6. The van der Waals surface area contributed by atoms with Gasteiger partial charge in [-0.25, -0.2) is 12.1 Å². The fourth-order valence-electron chi connectivity index (χ4n) is 2.15. The summed E-state index contributed by atoms with van der Waals surface area (Å²) in [5, 5.41) is 6.85. The largest absolute Gasteiger partial charge is 0.748 e. The van der Waals surface area contributed by atoms with Crippen molar-refractivity contribution in [3.8, 4) is 0 Å². The first-order valence-corrected chi connectivity index (χ1v) is 6.44. The average molecular weight is 302 g/mol. The fraction of sp³-hybridized carbons (Fsp3) is 0. The molecule has 4 rings (SSSR count). The molecule has 0 spiro atoms. The van der Waals surface area contributed by atoms with E-state index in [1.165, 1.54) is 16.8 Å². The Labute approximate surface area is 130 Å². The maximum atomic E-state index is 3.43. The Balaban J connectivity index is 0.000000210. The molecule has 0 aliphatic carbocycles. The minimum atomic E-state index is 0. The van der Waals surface area contributed by atoms with Crippen LogP contribution in [-0.4, -0.2) is 6.98 Å². The van der Waals surface area contributed by atoms with Gasteiger partial charge >= 0.3 is 0 Å². The molecule has 0 bridgehead atoms. The summed E-state index contributed by atoms with van der Waals surface area (Å²) in [5.74, 6) is 0. The summed E-state index contributed by atoms with van der Waals surface area (Å²) in [6.45, 7) is 0.224. The fourth-order valence-corrected chi connectivity index (χ4v) is 2.15. The van der Waals surface area contributed by atoms with Crippen molar-refractivity contribution in [2.45, 2.75) is 0 Å². The Bertz CT molecular complexity index is 563. The van der Waals surface area contributed by atoms with Gasteiger partial charge in [-0.2, -0.15) is 18.2 Å². The van der Waals surface area contributed by atoms with E-state index < -0.39 is 0 Å². The van der Waals surface area contributed by atoms with Crippen molar-refractivity contribution >= 4 is 23.8 Å². The number of anilines is 2. The van der Waals surface area contributed by atoms with Crippen molar-refractivity contribution in [2.75, 3.05) is 10.5 Å². The minimum absolute atomic E-state index is 0. The van der Waals surface area contributed by atoms with Gasteiger partial charge in [-0.1, -0.05) is 12.1 Å². The van der Waals surface area contributed by atoms with Crippen molar-refractivity contribution in [3.63, 3.8) is 0 Å².